The van der Waals surface area contributed by atoms with Crippen LogP contribution in [-0.4, -0.2) is 183 Å². The zero-order valence-corrected chi connectivity index (χ0v) is 48.7. The first kappa shape index (κ1) is 65.6. The highest BCUT2D eigenvalue weighted by atomic mass is 79.9. The number of benzene rings is 2. The summed E-state index contributed by atoms with van der Waals surface area (Å²) in [7, 11) is 2.59. The zero-order chi connectivity index (χ0) is 57.9. The number of aromatic nitrogens is 2. The van der Waals surface area contributed by atoms with Crippen molar-refractivity contribution < 1.29 is 57.2 Å². The molecule has 21 nitrogen and oxygen atoms in total. The smallest absolute Gasteiger partial charge is 0.338 e. The number of carboxylic acids is 2. The van der Waals surface area contributed by atoms with Gasteiger partial charge in [0.15, 0.2) is 21.7 Å². The second-order valence-corrected chi connectivity index (χ2v) is 22.5. The molecule has 2 aromatic carbocycles. The molecule has 4 amide bonds. The molecule has 448 valence electrons. The largest absolute Gasteiger partial charge is 0.481 e. The summed E-state index contributed by atoms with van der Waals surface area (Å²) in [5, 5.41) is 29.5. The maximum absolute atomic E-state index is 13.9. The van der Waals surface area contributed by atoms with Gasteiger partial charge in [-0.15, -0.1) is 22.7 Å². The Morgan fingerprint density at radius 2 is 1.18 bits per heavy atom. The summed E-state index contributed by atoms with van der Waals surface area (Å²) >= 11 is 18.8. The quantitative estimate of drug-likeness (QED) is 0.0568. The summed E-state index contributed by atoms with van der Waals surface area (Å²) in [6, 6.07) is 6.73. The first-order valence-corrected chi connectivity index (χ1v) is 29.5. The second-order valence-electron chi connectivity index (χ2n) is 19.3. The van der Waals surface area contributed by atoms with E-state index < -0.39 is 47.6 Å². The zero-order valence-electron chi connectivity index (χ0n) is 44.0. The number of nitrogens with one attached hydrogen (secondary N) is 2. The number of carboxylic acid groups (broad SMARTS) is 2. The number of hydrogen-bond acceptors (Lipinski definition) is 17. The Morgan fingerprint density at radius 1 is 0.699 bits per heavy atom. The predicted molar refractivity (Wildman–Crippen MR) is 316 cm³/mol. The second kappa shape index (κ2) is 30.3. The Bertz CT molecular complexity index is 3120. The summed E-state index contributed by atoms with van der Waals surface area (Å²) in [6.45, 7) is 5.11. The Hall–Kier alpha value is -6.58. The fraction of sp³-hybridized carbons (Fsp3) is 0.455. The van der Waals surface area contributed by atoms with E-state index in [-0.39, 0.29) is 61.4 Å². The van der Waals surface area contributed by atoms with Crippen LogP contribution >= 0.6 is 61.8 Å². The molecule has 10 rings (SSSR count). The highest BCUT2D eigenvalue weighted by molar-refractivity contribution is 9.09. The van der Waals surface area contributed by atoms with Crippen molar-refractivity contribution in [1.29, 1.82) is 0 Å². The van der Waals surface area contributed by atoms with Gasteiger partial charge in [0, 0.05) is 133 Å². The highest BCUT2D eigenvalue weighted by Gasteiger charge is 2.42. The first-order chi connectivity index (χ1) is 39.0. The van der Waals surface area contributed by atoms with Crippen LogP contribution in [0, 0.1) is 11.6 Å². The Morgan fingerprint density at radius 3 is 1.63 bits per heavy atom. The molecule has 0 saturated carbocycles. The highest BCUT2D eigenvalue weighted by Crippen LogP contribution is 2.39. The Labute approximate surface area is 506 Å². The van der Waals surface area contributed by atoms with Crippen molar-refractivity contribution in [2.45, 2.75) is 84.0 Å². The average molecular weight is 1290 g/mol. The average Bonchev–Trinajstić information content (AvgIpc) is 4.42. The van der Waals surface area contributed by atoms with Crippen LogP contribution in [0.15, 0.2) is 92.1 Å². The molecule has 4 saturated heterocycles. The van der Waals surface area contributed by atoms with Gasteiger partial charge >= 0.3 is 35.9 Å². The van der Waals surface area contributed by atoms with Gasteiger partial charge < -0.3 is 49.9 Å². The molecule has 6 aliphatic heterocycles. The molecule has 4 aromatic rings. The minimum absolute atomic E-state index is 0. The number of alkyl halides is 1. The molecule has 4 fully saturated rings. The number of halogens is 5. The van der Waals surface area contributed by atoms with Crippen LogP contribution in [-0.2, 0) is 28.7 Å². The minimum Gasteiger partial charge on any atom is -0.481 e. The molecule has 0 aliphatic carbocycles. The fourth-order valence-corrected chi connectivity index (χ4v) is 12.5. The number of carbonyl (C=O) groups is 6. The number of amides is 4. The number of piperazine rings is 1. The lowest BCUT2D eigenvalue weighted by Crippen LogP contribution is -2.53. The van der Waals surface area contributed by atoms with Gasteiger partial charge in [-0.25, -0.2) is 37.9 Å². The number of carbonyl (C=O) groups excluding carboxylic acids is 4. The third-order valence-electron chi connectivity index (χ3n) is 14.1. The van der Waals surface area contributed by atoms with Gasteiger partial charge in [0.1, 0.15) is 23.7 Å². The summed E-state index contributed by atoms with van der Waals surface area (Å²) in [6.07, 6.45) is 7.84. The van der Waals surface area contributed by atoms with E-state index in [4.69, 9.17) is 47.9 Å². The molecule has 2 aromatic heterocycles. The van der Waals surface area contributed by atoms with Crippen LogP contribution in [0.1, 0.15) is 93.0 Å². The van der Waals surface area contributed by atoms with E-state index in [1.807, 2.05) is 20.6 Å². The van der Waals surface area contributed by atoms with Crippen molar-refractivity contribution in [1.82, 2.24) is 45.1 Å². The number of hydrogen-bond donors (Lipinski definition) is 4. The lowest BCUT2D eigenvalue weighted by molar-refractivity contribution is -0.138. The number of aliphatic carboxylic acids is 2. The van der Waals surface area contributed by atoms with Crippen LogP contribution < -0.4 is 10.6 Å². The van der Waals surface area contributed by atoms with Crippen LogP contribution in [0.2, 0.25) is 10.0 Å². The topological polar surface area (TPSA) is 252 Å². The monoisotopic (exact) mass is 1290 g/mol. The normalized spacial score (nSPS) is 20.2. The van der Waals surface area contributed by atoms with E-state index in [9.17, 15) is 37.5 Å². The number of rotatable bonds is 17. The Kier molecular flexibility index (Phi) is 23.9. The maximum atomic E-state index is 13.9. The molecule has 0 radical (unpaired) electrons. The molecule has 4 atom stereocenters. The summed E-state index contributed by atoms with van der Waals surface area (Å²) in [5.74, 6) is -2.78. The van der Waals surface area contributed by atoms with Gasteiger partial charge in [-0.05, 0) is 56.4 Å². The van der Waals surface area contributed by atoms with Gasteiger partial charge in [0.05, 0.1) is 37.4 Å². The number of piperidine rings is 1. The molecular weight excluding hydrogens is 1230 g/mol. The van der Waals surface area contributed by atoms with Crippen molar-refractivity contribution >= 4 is 109 Å². The number of urea groups is 2. The van der Waals surface area contributed by atoms with E-state index >= 15 is 0 Å². The molecule has 0 unspecified atom stereocenters. The van der Waals surface area contributed by atoms with Gasteiger partial charge in [0.2, 0.25) is 0 Å². The van der Waals surface area contributed by atoms with Gasteiger partial charge in [0.25, 0.3) is 0 Å². The predicted octanol–water partition coefficient (Wildman–Crippen LogP) is 9.00. The molecule has 0 spiro atoms. The standard InChI is InChI=1S/C26H28ClFN6O5S.C16H12BrClFN3O2S.C11H18N2O3.2CH4/c1-39-25(37)21-19(14-32-8-9-34-16(12-32)13-33(26(34)38)7-2-3-20(35)36)30-23(24-29-6-10-40-24)31-22(21)17-5-4-15(28)11-18(17)27;1-24-16(23)12-11(7-17)21-14(15-20-4-5-25-15)22-13(12)9-3-2-8(19)6-10(9)18;14-10(15)5-3-6-12-8-9-4-1-2-7-13(9)11(12)16;;/h4-6,10-11,16,22H,2-3,7-9,12-14H2,1H3,(H,30,31)(H,35,36);2-6,13H,7H2,1H3,(H,21,22);9H,1-8H2,(H,14,15);2*1H4/t16-,22-;13-;9-;;/m000../s1. The van der Waals surface area contributed by atoms with Crippen LogP contribution in [0.5, 0.6) is 0 Å². The molecular formula is C55H66BrCl2F2N11O10S2. The number of aliphatic imine (C=N–C) groups is 2. The first-order valence-electron chi connectivity index (χ1n) is 25.8. The Balaban J connectivity index is 0.000000219. The van der Waals surface area contributed by atoms with Crippen LogP contribution in [0.25, 0.3) is 0 Å². The third kappa shape index (κ3) is 16.0. The van der Waals surface area contributed by atoms with Gasteiger partial charge in [-0.2, -0.15) is 0 Å². The number of thiazole rings is 2. The summed E-state index contributed by atoms with van der Waals surface area (Å²) < 4.78 is 37.4. The molecule has 0 bridgehead atoms. The molecule has 83 heavy (non-hydrogen) atoms. The van der Waals surface area contributed by atoms with Crippen molar-refractivity contribution in [3.63, 3.8) is 0 Å². The number of ether oxygens (including phenoxy) is 2. The number of amidine groups is 2. The van der Waals surface area contributed by atoms with Gasteiger partial charge in [-0.1, -0.05) is 66.1 Å². The number of allylic oxidation sites excluding steroid dienone is 1. The third-order valence-corrected chi connectivity index (χ3v) is 16.9. The molecule has 4 N–H and O–H groups in total. The number of fused-ring (bicyclic) bond motifs is 2. The van der Waals surface area contributed by atoms with Crippen LogP contribution in [0.3, 0.4) is 0 Å². The van der Waals surface area contributed by atoms with Crippen molar-refractivity contribution in [2.75, 3.05) is 78.5 Å². The number of methoxy groups -OCH3 is 2. The maximum Gasteiger partial charge on any atom is 0.338 e. The van der Waals surface area contributed by atoms with Crippen molar-refractivity contribution in [2.24, 2.45) is 9.98 Å². The van der Waals surface area contributed by atoms with E-state index in [0.29, 0.717) is 120 Å². The van der Waals surface area contributed by atoms with E-state index in [2.05, 4.69) is 46.4 Å². The lowest BCUT2D eigenvalue weighted by atomic mass is 9.95. The number of esters is 2. The van der Waals surface area contributed by atoms with Crippen molar-refractivity contribution in [3.8, 4) is 0 Å². The van der Waals surface area contributed by atoms with Crippen LogP contribution in [0.4, 0.5) is 18.4 Å². The van der Waals surface area contributed by atoms with Gasteiger partial charge in [-0.3, -0.25) is 24.5 Å². The molecule has 28 heteroatoms. The molecule has 8 heterocycles. The van der Waals surface area contributed by atoms with E-state index in [1.165, 1.54) is 79.7 Å². The summed E-state index contributed by atoms with van der Waals surface area (Å²) in [5.41, 5.74) is 2.70. The fourth-order valence-electron chi connectivity index (χ4n) is 10.3. The summed E-state index contributed by atoms with van der Waals surface area (Å²) in [4.78, 5) is 99.0. The van der Waals surface area contributed by atoms with E-state index in [1.54, 1.807) is 22.2 Å². The minimum atomic E-state index is -0.883. The van der Waals surface area contributed by atoms with E-state index in [0.717, 1.165) is 25.9 Å². The SMILES string of the molecule is C.C.COC(=O)C1=C(CBr)NC(c2nccs2)=N[C@H]1c1ccc(F)cc1Cl.COC(=O)C1=C(CN2CCN3C(=O)N(CCCC(=O)O)C[C@@H]3C2)NC(c2nccs2)=N[C@H]1c1ccc(F)cc1Cl.O=C(O)CCCN1C[C@@H]2CCCCN2C1=O. The lowest BCUT2D eigenvalue weighted by Gasteiger charge is -2.38. The number of nitrogens with zero attached hydrogens (tertiary/aromatic N) is 9. The van der Waals surface area contributed by atoms with Crippen molar-refractivity contribution in [3.05, 3.63) is 125 Å². The molecule has 6 aliphatic rings.